The summed E-state index contributed by atoms with van der Waals surface area (Å²) in [5.74, 6) is 0.00222. The van der Waals surface area contributed by atoms with Crippen molar-refractivity contribution in [3.63, 3.8) is 0 Å². The molecule has 3 N–H and O–H groups in total. The van der Waals surface area contributed by atoms with Gasteiger partial charge in [-0.1, -0.05) is 17.7 Å². The highest BCUT2D eigenvalue weighted by Gasteiger charge is 2.25. The fraction of sp³-hybridized carbons (Fsp3) is 0.462. The minimum atomic E-state index is 0.00222. The normalized spacial score (nSPS) is 24.1. The molecular formula is C13H18ClN3O. The van der Waals surface area contributed by atoms with Crippen molar-refractivity contribution in [2.75, 3.05) is 18.0 Å². The molecule has 2 rings (SSSR count). The third-order valence-corrected chi connectivity index (χ3v) is 3.34. The fourth-order valence-corrected chi connectivity index (χ4v) is 2.69. The Bertz CT molecular complexity index is 454. The van der Waals surface area contributed by atoms with E-state index in [0.29, 0.717) is 10.6 Å². The van der Waals surface area contributed by atoms with Crippen LogP contribution in [-0.2, 0) is 4.74 Å². The van der Waals surface area contributed by atoms with Gasteiger partial charge in [-0.2, -0.15) is 0 Å². The van der Waals surface area contributed by atoms with Gasteiger partial charge in [0.15, 0.2) is 0 Å². The standard InChI is InChI=1S/C13H18ClN3O/c1-8-6-17(7-9(2)18-8)11-5-3-4-10(14)12(11)13(15)16/h3-5,8-9H,6-7H2,1-2H3,(H3,15,16). The summed E-state index contributed by atoms with van der Waals surface area (Å²) in [6.07, 6.45) is 0.320. The highest BCUT2D eigenvalue weighted by molar-refractivity contribution is 6.34. The number of benzene rings is 1. The first kappa shape index (κ1) is 13.2. The van der Waals surface area contributed by atoms with Crippen molar-refractivity contribution in [2.24, 2.45) is 5.73 Å². The molecule has 4 nitrogen and oxygen atoms in total. The van der Waals surface area contributed by atoms with Crippen LogP contribution in [0.5, 0.6) is 0 Å². The van der Waals surface area contributed by atoms with E-state index in [1.165, 1.54) is 0 Å². The van der Waals surface area contributed by atoms with Crippen molar-refractivity contribution >= 4 is 23.1 Å². The van der Waals surface area contributed by atoms with Crippen molar-refractivity contribution < 1.29 is 4.74 Å². The molecular weight excluding hydrogens is 250 g/mol. The van der Waals surface area contributed by atoms with Gasteiger partial charge >= 0.3 is 0 Å². The number of nitrogens with two attached hydrogens (primary N) is 1. The molecule has 5 heteroatoms. The van der Waals surface area contributed by atoms with E-state index in [2.05, 4.69) is 4.90 Å². The molecule has 0 saturated carbocycles. The van der Waals surface area contributed by atoms with Gasteiger partial charge in [-0.15, -0.1) is 0 Å². The molecule has 2 unspecified atom stereocenters. The number of hydrogen-bond acceptors (Lipinski definition) is 3. The van der Waals surface area contributed by atoms with Crippen LogP contribution < -0.4 is 10.6 Å². The predicted octanol–water partition coefficient (Wildman–Crippen LogP) is 2.24. The summed E-state index contributed by atoms with van der Waals surface area (Å²) in [6, 6.07) is 5.59. The highest BCUT2D eigenvalue weighted by atomic mass is 35.5. The van der Waals surface area contributed by atoms with Gasteiger partial charge in [0, 0.05) is 18.8 Å². The minimum absolute atomic E-state index is 0.00222. The van der Waals surface area contributed by atoms with E-state index in [1.807, 2.05) is 26.0 Å². The quantitative estimate of drug-likeness (QED) is 0.638. The van der Waals surface area contributed by atoms with Crippen LogP contribution in [0.15, 0.2) is 18.2 Å². The van der Waals surface area contributed by atoms with Crippen molar-refractivity contribution in [2.45, 2.75) is 26.1 Å². The second-order valence-corrected chi connectivity index (χ2v) is 5.12. The van der Waals surface area contributed by atoms with Crippen LogP contribution in [0.2, 0.25) is 5.02 Å². The Morgan fingerprint density at radius 2 is 2.00 bits per heavy atom. The summed E-state index contributed by atoms with van der Waals surface area (Å²) in [4.78, 5) is 2.18. The largest absolute Gasteiger partial charge is 0.384 e. The van der Waals surface area contributed by atoms with E-state index >= 15 is 0 Å². The Morgan fingerprint density at radius 1 is 1.39 bits per heavy atom. The lowest BCUT2D eigenvalue weighted by atomic mass is 10.1. The average Bonchev–Trinajstić information content (AvgIpc) is 2.26. The van der Waals surface area contributed by atoms with E-state index in [1.54, 1.807) is 6.07 Å². The summed E-state index contributed by atoms with van der Waals surface area (Å²) in [7, 11) is 0. The number of morpholine rings is 1. The van der Waals surface area contributed by atoms with Crippen LogP contribution in [-0.4, -0.2) is 31.1 Å². The van der Waals surface area contributed by atoms with Crippen LogP contribution in [0, 0.1) is 5.41 Å². The van der Waals surface area contributed by atoms with Crippen LogP contribution in [0.25, 0.3) is 0 Å². The molecule has 0 amide bonds. The minimum Gasteiger partial charge on any atom is -0.384 e. The molecule has 0 spiro atoms. The molecule has 0 aromatic heterocycles. The van der Waals surface area contributed by atoms with Gasteiger partial charge in [0.1, 0.15) is 5.84 Å². The Kier molecular flexibility index (Phi) is 3.78. The van der Waals surface area contributed by atoms with Crippen molar-refractivity contribution in [3.05, 3.63) is 28.8 Å². The molecule has 98 valence electrons. The molecule has 0 aliphatic carbocycles. The number of nitrogens with one attached hydrogen (secondary N) is 1. The Morgan fingerprint density at radius 3 is 2.56 bits per heavy atom. The van der Waals surface area contributed by atoms with E-state index < -0.39 is 0 Å². The summed E-state index contributed by atoms with van der Waals surface area (Å²) in [5.41, 5.74) is 7.16. The topological polar surface area (TPSA) is 62.3 Å². The summed E-state index contributed by atoms with van der Waals surface area (Å²) >= 11 is 6.14. The fourth-order valence-electron chi connectivity index (χ4n) is 2.42. The first-order valence-corrected chi connectivity index (χ1v) is 6.40. The van der Waals surface area contributed by atoms with Crippen molar-refractivity contribution in [3.8, 4) is 0 Å². The lowest BCUT2D eigenvalue weighted by Gasteiger charge is -2.37. The van der Waals surface area contributed by atoms with Crippen LogP contribution in [0.3, 0.4) is 0 Å². The molecule has 0 bridgehead atoms. The van der Waals surface area contributed by atoms with Crippen LogP contribution in [0.4, 0.5) is 5.69 Å². The molecule has 1 aromatic carbocycles. The summed E-state index contributed by atoms with van der Waals surface area (Å²) in [5, 5.41) is 8.19. The average molecular weight is 268 g/mol. The SMILES string of the molecule is CC1CN(c2cccc(Cl)c2C(=N)N)CC(C)O1. The van der Waals surface area contributed by atoms with E-state index in [0.717, 1.165) is 18.8 Å². The molecule has 0 radical (unpaired) electrons. The zero-order chi connectivity index (χ0) is 13.3. The van der Waals surface area contributed by atoms with E-state index in [9.17, 15) is 0 Å². The zero-order valence-corrected chi connectivity index (χ0v) is 11.4. The lowest BCUT2D eigenvalue weighted by Crippen LogP contribution is -2.46. The first-order valence-electron chi connectivity index (χ1n) is 6.02. The Labute approximate surface area is 112 Å². The maximum absolute atomic E-state index is 7.67. The van der Waals surface area contributed by atoms with Crippen molar-refractivity contribution in [1.29, 1.82) is 5.41 Å². The maximum Gasteiger partial charge on any atom is 0.126 e. The number of halogens is 1. The third-order valence-electron chi connectivity index (χ3n) is 3.02. The molecule has 1 saturated heterocycles. The summed E-state index contributed by atoms with van der Waals surface area (Å²) < 4.78 is 5.71. The lowest BCUT2D eigenvalue weighted by molar-refractivity contribution is -0.00522. The second kappa shape index (κ2) is 5.16. The smallest absolute Gasteiger partial charge is 0.126 e. The molecule has 1 fully saturated rings. The number of amidine groups is 1. The third kappa shape index (κ3) is 2.60. The van der Waals surface area contributed by atoms with Gasteiger partial charge in [0.25, 0.3) is 0 Å². The van der Waals surface area contributed by atoms with Gasteiger partial charge in [0.2, 0.25) is 0 Å². The van der Waals surface area contributed by atoms with Crippen molar-refractivity contribution in [1.82, 2.24) is 0 Å². The second-order valence-electron chi connectivity index (χ2n) is 4.71. The predicted molar refractivity (Wildman–Crippen MR) is 74.7 cm³/mol. The molecule has 1 aliphatic rings. The zero-order valence-electron chi connectivity index (χ0n) is 10.6. The van der Waals surface area contributed by atoms with Gasteiger partial charge < -0.3 is 15.4 Å². The molecule has 1 aromatic rings. The van der Waals surface area contributed by atoms with Gasteiger partial charge in [0.05, 0.1) is 22.8 Å². The number of anilines is 1. The number of ether oxygens (including phenoxy) is 1. The van der Waals surface area contributed by atoms with Crippen LogP contribution in [0.1, 0.15) is 19.4 Å². The summed E-state index contributed by atoms with van der Waals surface area (Å²) in [6.45, 7) is 5.65. The molecule has 1 aliphatic heterocycles. The highest BCUT2D eigenvalue weighted by Crippen LogP contribution is 2.29. The van der Waals surface area contributed by atoms with E-state index in [4.69, 9.17) is 27.5 Å². The van der Waals surface area contributed by atoms with Gasteiger partial charge in [-0.3, -0.25) is 5.41 Å². The van der Waals surface area contributed by atoms with E-state index in [-0.39, 0.29) is 18.0 Å². The molecule has 2 atom stereocenters. The molecule has 18 heavy (non-hydrogen) atoms. The Hall–Kier alpha value is -1.26. The Balaban J connectivity index is 2.38. The number of nitrogen functional groups attached to an aromatic ring is 1. The number of hydrogen-bond donors (Lipinski definition) is 2. The first-order chi connectivity index (χ1) is 8.49. The van der Waals surface area contributed by atoms with Gasteiger partial charge in [-0.05, 0) is 26.0 Å². The monoisotopic (exact) mass is 267 g/mol. The maximum atomic E-state index is 7.67. The van der Waals surface area contributed by atoms with Gasteiger partial charge in [-0.25, -0.2) is 0 Å². The number of nitrogens with zero attached hydrogens (tertiary/aromatic N) is 1. The van der Waals surface area contributed by atoms with Crippen LogP contribution >= 0.6 is 11.6 Å². The number of rotatable bonds is 2. The molecule has 1 heterocycles.